The summed E-state index contributed by atoms with van der Waals surface area (Å²) in [4.78, 5) is 0. The van der Waals surface area contributed by atoms with Crippen molar-refractivity contribution in [2.75, 3.05) is 0 Å². The highest BCUT2D eigenvalue weighted by atomic mass is 14.2. The van der Waals surface area contributed by atoms with E-state index < -0.39 is 0 Å². The van der Waals surface area contributed by atoms with Gasteiger partial charge in [-0.1, -0.05) is 74.2 Å². The third-order valence-corrected chi connectivity index (χ3v) is 4.85. The van der Waals surface area contributed by atoms with Crippen molar-refractivity contribution >= 4 is 21.5 Å². The molecule has 0 aliphatic heterocycles. The Labute approximate surface area is 120 Å². The van der Waals surface area contributed by atoms with Crippen LogP contribution in [0.4, 0.5) is 0 Å². The molecule has 0 heterocycles. The number of benzene rings is 3. The van der Waals surface area contributed by atoms with Gasteiger partial charge >= 0.3 is 0 Å². The van der Waals surface area contributed by atoms with Gasteiger partial charge in [0, 0.05) is 0 Å². The molecule has 20 heavy (non-hydrogen) atoms. The van der Waals surface area contributed by atoms with E-state index in [2.05, 4.69) is 54.6 Å². The van der Waals surface area contributed by atoms with Crippen molar-refractivity contribution in [3.8, 4) is 0 Å². The van der Waals surface area contributed by atoms with Crippen LogP contribution in [0.5, 0.6) is 0 Å². The lowest BCUT2D eigenvalue weighted by Gasteiger charge is -2.15. The number of fused-ring (bicyclic) bond motifs is 2. The molecule has 4 rings (SSSR count). The summed E-state index contributed by atoms with van der Waals surface area (Å²) in [6, 6.07) is 20.1. The van der Waals surface area contributed by atoms with E-state index in [0.717, 1.165) is 5.92 Å². The Balaban J connectivity index is 1.96. The second-order valence-electron chi connectivity index (χ2n) is 6.15. The molecular weight excluding hydrogens is 240 g/mol. The fourth-order valence-electron chi connectivity index (χ4n) is 3.83. The first-order valence-corrected chi connectivity index (χ1v) is 7.81. The minimum Gasteiger partial charge on any atom is -0.0616 e. The van der Waals surface area contributed by atoms with Gasteiger partial charge in [-0.2, -0.15) is 0 Å². The molecule has 0 nitrogen and oxygen atoms in total. The molecule has 0 spiro atoms. The van der Waals surface area contributed by atoms with Crippen LogP contribution >= 0.6 is 0 Å². The van der Waals surface area contributed by atoms with Crippen LogP contribution in [0, 0.1) is 5.92 Å². The van der Waals surface area contributed by atoms with Crippen LogP contribution in [0.3, 0.4) is 0 Å². The van der Waals surface area contributed by atoms with Crippen LogP contribution in [0.2, 0.25) is 0 Å². The summed E-state index contributed by atoms with van der Waals surface area (Å²) in [5, 5.41) is 5.69. The Morgan fingerprint density at radius 2 is 1.30 bits per heavy atom. The molecule has 0 heteroatoms. The van der Waals surface area contributed by atoms with E-state index in [0.29, 0.717) is 0 Å². The zero-order valence-electron chi connectivity index (χ0n) is 11.8. The molecular formula is C20H20. The van der Waals surface area contributed by atoms with Gasteiger partial charge in [0.2, 0.25) is 0 Å². The Morgan fingerprint density at radius 3 is 1.90 bits per heavy atom. The maximum absolute atomic E-state index is 2.34. The van der Waals surface area contributed by atoms with Crippen molar-refractivity contribution in [3.63, 3.8) is 0 Å². The lowest BCUT2D eigenvalue weighted by atomic mass is 9.89. The van der Waals surface area contributed by atoms with Gasteiger partial charge in [0.15, 0.2) is 0 Å². The first-order chi connectivity index (χ1) is 9.92. The average molecular weight is 260 g/mol. The number of rotatable bonds is 2. The molecule has 3 aromatic rings. The number of hydrogen-bond donors (Lipinski definition) is 0. The summed E-state index contributed by atoms with van der Waals surface area (Å²) < 4.78 is 0. The molecule has 1 aliphatic rings. The van der Waals surface area contributed by atoms with Crippen LogP contribution < -0.4 is 0 Å². The van der Waals surface area contributed by atoms with Crippen molar-refractivity contribution in [1.82, 2.24) is 0 Å². The van der Waals surface area contributed by atoms with Gasteiger partial charge in [0.25, 0.3) is 0 Å². The van der Waals surface area contributed by atoms with Gasteiger partial charge < -0.3 is 0 Å². The van der Waals surface area contributed by atoms with Crippen molar-refractivity contribution < 1.29 is 0 Å². The molecule has 0 amide bonds. The SMILES string of the molecule is c1ccc2c(CC3CCCC3)c3ccccc3cc2c1. The van der Waals surface area contributed by atoms with E-state index in [-0.39, 0.29) is 0 Å². The van der Waals surface area contributed by atoms with Crippen LogP contribution in [0.25, 0.3) is 21.5 Å². The second-order valence-corrected chi connectivity index (χ2v) is 6.15. The molecule has 1 saturated carbocycles. The molecule has 1 fully saturated rings. The first kappa shape index (κ1) is 12.0. The van der Waals surface area contributed by atoms with E-state index in [1.165, 1.54) is 53.6 Å². The van der Waals surface area contributed by atoms with E-state index in [1.807, 2.05) is 0 Å². The summed E-state index contributed by atoms with van der Waals surface area (Å²) >= 11 is 0. The van der Waals surface area contributed by atoms with Crippen LogP contribution in [0.15, 0.2) is 54.6 Å². The quantitative estimate of drug-likeness (QED) is 0.516. The zero-order valence-corrected chi connectivity index (χ0v) is 11.8. The molecule has 0 unspecified atom stereocenters. The van der Waals surface area contributed by atoms with Gasteiger partial charge in [-0.05, 0) is 45.5 Å². The highest BCUT2D eigenvalue weighted by Crippen LogP contribution is 2.34. The molecule has 100 valence electrons. The second kappa shape index (κ2) is 4.94. The standard InChI is InChI=1S/C20H20/c1-2-8-15(7-1)13-20-18-11-5-3-9-16(18)14-17-10-4-6-12-19(17)20/h3-6,9-12,14-15H,1-2,7-8,13H2. The number of hydrogen-bond acceptors (Lipinski definition) is 0. The van der Waals surface area contributed by atoms with Crippen molar-refractivity contribution in [1.29, 1.82) is 0 Å². The van der Waals surface area contributed by atoms with Gasteiger partial charge in [0.05, 0.1) is 0 Å². The average Bonchev–Trinajstić information content (AvgIpc) is 3.00. The lowest BCUT2D eigenvalue weighted by Crippen LogP contribution is -2.00. The van der Waals surface area contributed by atoms with Crippen LogP contribution in [-0.2, 0) is 6.42 Å². The summed E-state index contributed by atoms with van der Waals surface area (Å²) in [6.45, 7) is 0. The molecule has 1 aliphatic carbocycles. The van der Waals surface area contributed by atoms with Crippen molar-refractivity contribution in [2.45, 2.75) is 32.1 Å². The van der Waals surface area contributed by atoms with E-state index in [4.69, 9.17) is 0 Å². The molecule has 0 atom stereocenters. The largest absolute Gasteiger partial charge is 0.0616 e. The fraction of sp³-hybridized carbons (Fsp3) is 0.300. The van der Waals surface area contributed by atoms with Gasteiger partial charge in [-0.3, -0.25) is 0 Å². The van der Waals surface area contributed by atoms with Crippen LogP contribution in [0.1, 0.15) is 31.2 Å². The van der Waals surface area contributed by atoms with Gasteiger partial charge in [-0.15, -0.1) is 0 Å². The third kappa shape index (κ3) is 2.00. The normalized spacial score (nSPS) is 16.2. The first-order valence-electron chi connectivity index (χ1n) is 7.81. The smallest absolute Gasteiger partial charge is 0.0145 e. The maximum Gasteiger partial charge on any atom is -0.0145 e. The van der Waals surface area contributed by atoms with Gasteiger partial charge in [0.1, 0.15) is 0 Å². The minimum atomic E-state index is 0.893. The molecule has 3 aromatic carbocycles. The predicted octanol–water partition coefficient (Wildman–Crippen LogP) is 5.73. The molecule has 0 N–H and O–H groups in total. The Hall–Kier alpha value is -1.82. The van der Waals surface area contributed by atoms with E-state index in [1.54, 1.807) is 5.56 Å². The monoisotopic (exact) mass is 260 g/mol. The van der Waals surface area contributed by atoms with Crippen molar-refractivity contribution in [2.24, 2.45) is 5.92 Å². The highest BCUT2D eigenvalue weighted by molar-refractivity contribution is 6.02. The van der Waals surface area contributed by atoms with Crippen LogP contribution in [-0.4, -0.2) is 0 Å². The molecule has 0 bridgehead atoms. The Kier molecular flexibility index (Phi) is 2.95. The summed E-state index contributed by atoms with van der Waals surface area (Å²) in [5.74, 6) is 0.893. The van der Waals surface area contributed by atoms with E-state index >= 15 is 0 Å². The maximum atomic E-state index is 2.34. The fourth-order valence-corrected chi connectivity index (χ4v) is 3.83. The summed E-state index contributed by atoms with van der Waals surface area (Å²) in [6.07, 6.45) is 6.93. The molecule has 0 aromatic heterocycles. The predicted molar refractivity (Wildman–Crippen MR) is 87.1 cm³/mol. The highest BCUT2D eigenvalue weighted by Gasteiger charge is 2.18. The van der Waals surface area contributed by atoms with E-state index in [9.17, 15) is 0 Å². The lowest BCUT2D eigenvalue weighted by molar-refractivity contribution is 0.550. The zero-order chi connectivity index (χ0) is 13.4. The minimum absolute atomic E-state index is 0.893. The summed E-state index contributed by atoms with van der Waals surface area (Å²) in [7, 11) is 0. The topological polar surface area (TPSA) is 0 Å². The molecule has 0 radical (unpaired) electrons. The van der Waals surface area contributed by atoms with Crippen molar-refractivity contribution in [3.05, 3.63) is 60.2 Å². The molecule has 0 saturated heterocycles. The van der Waals surface area contributed by atoms with Gasteiger partial charge in [-0.25, -0.2) is 0 Å². The third-order valence-electron chi connectivity index (χ3n) is 4.85. The summed E-state index contributed by atoms with van der Waals surface area (Å²) in [5.41, 5.74) is 1.57. The Morgan fingerprint density at radius 1 is 0.750 bits per heavy atom. The Bertz CT molecular complexity index is 694.